The molecule has 0 fully saturated rings. The first-order chi connectivity index (χ1) is 9.62. The van der Waals surface area contributed by atoms with Gasteiger partial charge in [-0.15, -0.1) is 0 Å². The maximum absolute atomic E-state index is 5.41. The molecule has 2 N–H and O–H groups in total. The zero-order valence-corrected chi connectivity index (χ0v) is 12.8. The largest absolute Gasteiger partial charge is 0.496 e. The van der Waals surface area contributed by atoms with Gasteiger partial charge < -0.3 is 15.2 Å². The van der Waals surface area contributed by atoms with Gasteiger partial charge in [0.1, 0.15) is 5.75 Å². The van der Waals surface area contributed by atoms with Gasteiger partial charge in [0.05, 0.1) is 20.3 Å². The topological polar surface area (TPSA) is 47.7 Å². The third kappa shape index (κ3) is 4.86. The zero-order valence-electron chi connectivity index (χ0n) is 12.8. The number of nitrogens with two attached hydrogens (primary N) is 1. The number of hydrogen-bond acceptors (Lipinski definition) is 4. The first kappa shape index (κ1) is 16.5. The molecular weight excluding hydrogens is 252 g/mol. The highest BCUT2D eigenvalue weighted by Gasteiger charge is 2.12. The van der Waals surface area contributed by atoms with Gasteiger partial charge in [-0.1, -0.05) is 11.8 Å². The first-order valence-electron chi connectivity index (χ1n) is 6.67. The van der Waals surface area contributed by atoms with E-state index in [1.807, 2.05) is 12.1 Å². The van der Waals surface area contributed by atoms with Crippen molar-refractivity contribution in [2.75, 3.05) is 34.4 Å². The molecule has 1 unspecified atom stereocenters. The average Bonchev–Trinajstić information content (AvgIpc) is 2.45. The van der Waals surface area contributed by atoms with Crippen molar-refractivity contribution in [3.63, 3.8) is 0 Å². The van der Waals surface area contributed by atoms with Crippen molar-refractivity contribution < 1.29 is 9.47 Å². The summed E-state index contributed by atoms with van der Waals surface area (Å²) >= 11 is 0. The summed E-state index contributed by atoms with van der Waals surface area (Å²) in [6.07, 6.45) is 0. The molecule has 1 atom stereocenters. The second kappa shape index (κ2) is 8.60. The molecule has 4 heteroatoms. The third-order valence-electron chi connectivity index (χ3n) is 3.20. The van der Waals surface area contributed by atoms with Crippen LogP contribution in [0.25, 0.3) is 0 Å². The molecule has 0 aliphatic carbocycles. The molecule has 0 heterocycles. The van der Waals surface area contributed by atoms with E-state index >= 15 is 0 Å². The molecule has 110 valence electrons. The number of ether oxygens (including phenoxy) is 2. The van der Waals surface area contributed by atoms with Crippen molar-refractivity contribution in [2.45, 2.75) is 19.5 Å². The maximum Gasteiger partial charge on any atom is 0.123 e. The Labute approximate surface area is 121 Å². The van der Waals surface area contributed by atoms with E-state index in [0.717, 1.165) is 23.4 Å². The summed E-state index contributed by atoms with van der Waals surface area (Å²) in [4.78, 5) is 2.22. The van der Waals surface area contributed by atoms with Crippen molar-refractivity contribution >= 4 is 0 Å². The molecular formula is C16H24N2O2. The van der Waals surface area contributed by atoms with E-state index in [1.54, 1.807) is 14.2 Å². The molecule has 0 radical (unpaired) electrons. The van der Waals surface area contributed by atoms with Gasteiger partial charge in [0.15, 0.2) is 0 Å². The Balaban J connectivity index is 2.90. The van der Waals surface area contributed by atoms with Crippen LogP contribution in [0.5, 0.6) is 5.75 Å². The normalized spacial score (nSPS) is 11.9. The van der Waals surface area contributed by atoms with Crippen LogP contribution in [0, 0.1) is 11.8 Å². The zero-order chi connectivity index (χ0) is 15.0. The molecule has 0 bridgehead atoms. The first-order valence-corrected chi connectivity index (χ1v) is 6.67. The molecule has 0 amide bonds. The number of likely N-dealkylation sites (N-methyl/N-ethyl adjacent to an activating group) is 1. The number of methoxy groups -OCH3 is 2. The predicted octanol–water partition coefficient (Wildman–Crippen LogP) is 1.47. The lowest BCUT2D eigenvalue weighted by Crippen LogP contribution is -2.32. The molecule has 20 heavy (non-hydrogen) atoms. The Morgan fingerprint density at radius 2 is 2.10 bits per heavy atom. The van der Waals surface area contributed by atoms with Crippen LogP contribution in [0.1, 0.15) is 18.1 Å². The van der Waals surface area contributed by atoms with Gasteiger partial charge in [0, 0.05) is 30.8 Å². The van der Waals surface area contributed by atoms with Gasteiger partial charge in [-0.2, -0.15) is 0 Å². The lowest BCUT2D eigenvalue weighted by molar-refractivity contribution is 0.111. The van der Waals surface area contributed by atoms with Crippen LogP contribution in [0.2, 0.25) is 0 Å². The fourth-order valence-electron chi connectivity index (χ4n) is 1.93. The second-order valence-corrected chi connectivity index (χ2v) is 4.75. The van der Waals surface area contributed by atoms with Crippen molar-refractivity contribution in [3.8, 4) is 17.6 Å². The van der Waals surface area contributed by atoms with Crippen molar-refractivity contribution in [1.29, 1.82) is 0 Å². The maximum atomic E-state index is 5.41. The van der Waals surface area contributed by atoms with Crippen LogP contribution in [0.3, 0.4) is 0 Å². The van der Waals surface area contributed by atoms with Gasteiger partial charge in [0.25, 0.3) is 0 Å². The number of nitrogens with zero attached hydrogens (tertiary/aromatic N) is 1. The summed E-state index contributed by atoms with van der Waals surface area (Å²) in [6.45, 7) is 3.98. The number of rotatable bonds is 6. The summed E-state index contributed by atoms with van der Waals surface area (Å²) in [5, 5.41) is 0. The fourth-order valence-corrected chi connectivity index (χ4v) is 1.93. The molecule has 0 aliphatic heterocycles. The highest BCUT2D eigenvalue weighted by Crippen LogP contribution is 2.21. The SMILES string of the molecule is COCC(C)N(C)Cc1cc(C#CCN)ccc1OC. The Hall–Kier alpha value is -1.54. The van der Waals surface area contributed by atoms with Crippen LogP contribution in [-0.4, -0.2) is 45.4 Å². The van der Waals surface area contributed by atoms with E-state index in [-0.39, 0.29) is 0 Å². The smallest absolute Gasteiger partial charge is 0.123 e. The van der Waals surface area contributed by atoms with Crippen LogP contribution in [0.15, 0.2) is 18.2 Å². The number of hydrogen-bond donors (Lipinski definition) is 1. The highest BCUT2D eigenvalue weighted by atomic mass is 16.5. The van der Waals surface area contributed by atoms with Crippen LogP contribution in [0.4, 0.5) is 0 Å². The standard InChI is InChI=1S/C16H24N2O2/c1-13(12-19-3)18(2)11-15-10-14(6-5-9-17)7-8-16(15)20-4/h7-8,10,13H,9,11-12,17H2,1-4H3. The number of benzene rings is 1. The second-order valence-electron chi connectivity index (χ2n) is 4.75. The fraction of sp³-hybridized carbons (Fsp3) is 0.500. The Morgan fingerprint density at radius 1 is 1.35 bits per heavy atom. The van der Waals surface area contributed by atoms with Crippen molar-refractivity contribution in [1.82, 2.24) is 4.90 Å². The molecule has 0 aromatic heterocycles. The van der Waals surface area contributed by atoms with Crippen LogP contribution < -0.4 is 10.5 Å². The molecule has 0 aliphatic rings. The van der Waals surface area contributed by atoms with E-state index in [0.29, 0.717) is 19.2 Å². The molecule has 0 saturated carbocycles. The minimum Gasteiger partial charge on any atom is -0.496 e. The van der Waals surface area contributed by atoms with Crippen LogP contribution in [-0.2, 0) is 11.3 Å². The Bertz CT molecular complexity index is 477. The summed E-state index contributed by atoms with van der Waals surface area (Å²) in [5.74, 6) is 6.79. The summed E-state index contributed by atoms with van der Waals surface area (Å²) in [6, 6.07) is 6.29. The minimum absolute atomic E-state index is 0.337. The molecule has 1 rings (SSSR count). The summed E-state index contributed by atoms with van der Waals surface area (Å²) in [5.41, 5.74) is 7.47. The quantitative estimate of drug-likeness (QED) is 0.799. The molecule has 0 saturated heterocycles. The Kier molecular flexibility index (Phi) is 7.10. The lowest BCUT2D eigenvalue weighted by Gasteiger charge is -2.24. The van der Waals surface area contributed by atoms with E-state index in [9.17, 15) is 0 Å². The monoisotopic (exact) mass is 276 g/mol. The van der Waals surface area contributed by atoms with Gasteiger partial charge in [-0.3, -0.25) is 4.90 Å². The van der Waals surface area contributed by atoms with E-state index < -0.39 is 0 Å². The van der Waals surface area contributed by atoms with Crippen molar-refractivity contribution in [3.05, 3.63) is 29.3 Å². The average molecular weight is 276 g/mol. The van der Waals surface area contributed by atoms with E-state index in [1.165, 1.54) is 0 Å². The molecule has 0 spiro atoms. The van der Waals surface area contributed by atoms with E-state index in [2.05, 4.69) is 36.8 Å². The van der Waals surface area contributed by atoms with Crippen molar-refractivity contribution in [2.24, 2.45) is 5.73 Å². The minimum atomic E-state index is 0.337. The van der Waals surface area contributed by atoms with Gasteiger partial charge in [-0.25, -0.2) is 0 Å². The highest BCUT2D eigenvalue weighted by molar-refractivity contribution is 5.44. The van der Waals surface area contributed by atoms with Crippen LogP contribution >= 0.6 is 0 Å². The molecule has 1 aromatic carbocycles. The van der Waals surface area contributed by atoms with Gasteiger partial charge >= 0.3 is 0 Å². The molecule has 1 aromatic rings. The van der Waals surface area contributed by atoms with Gasteiger partial charge in [-0.05, 0) is 32.2 Å². The molecule has 4 nitrogen and oxygen atoms in total. The Morgan fingerprint density at radius 3 is 2.70 bits per heavy atom. The van der Waals surface area contributed by atoms with Gasteiger partial charge in [0.2, 0.25) is 0 Å². The predicted molar refractivity (Wildman–Crippen MR) is 81.7 cm³/mol. The third-order valence-corrected chi connectivity index (χ3v) is 3.20. The summed E-state index contributed by atoms with van der Waals surface area (Å²) in [7, 11) is 5.47. The summed E-state index contributed by atoms with van der Waals surface area (Å²) < 4.78 is 10.6. The lowest BCUT2D eigenvalue weighted by atomic mass is 10.1. The van der Waals surface area contributed by atoms with E-state index in [4.69, 9.17) is 15.2 Å².